The number of rotatable bonds is 10. The zero-order valence-electron chi connectivity index (χ0n) is 31.6. The van der Waals surface area contributed by atoms with Gasteiger partial charge in [-0.1, -0.05) is 135 Å². The van der Waals surface area contributed by atoms with Gasteiger partial charge in [-0.25, -0.2) is 0 Å². The SMILES string of the molecule is C.C=C(C)/C=C/C.CC.CC.CCCCC(C)CN(C)C(C)c1cc(C)c(N(C)C)c(N)c1.CCNC.Cc1ccccc1. The Morgan fingerprint density at radius 2 is 1.48 bits per heavy atom. The third-order valence-electron chi connectivity index (χ3n) is 6.34. The fourth-order valence-electron chi connectivity index (χ4n) is 4.05. The van der Waals surface area contributed by atoms with E-state index in [9.17, 15) is 0 Å². The summed E-state index contributed by atoms with van der Waals surface area (Å²) in [5.41, 5.74) is 13.3. The van der Waals surface area contributed by atoms with Crippen LogP contribution in [-0.2, 0) is 0 Å². The van der Waals surface area contributed by atoms with E-state index in [4.69, 9.17) is 5.73 Å². The lowest BCUT2D eigenvalue weighted by Gasteiger charge is -2.29. The molecule has 3 N–H and O–H groups in total. The molecular weight excluding hydrogens is 536 g/mol. The van der Waals surface area contributed by atoms with Gasteiger partial charge in [0, 0.05) is 26.7 Å². The van der Waals surface area contributed by atoms with E-state index in [2.05, 4.69) is 94.6 Å². The van der Waals surface area contributed by atoms with E-state index in [0.717, 1.165) is 36.0 Å². The lowest BCUT2D eigenvalue weighted by atomic mass is 9.99. The van der Waals surface area contributed by atoms with Crippen LogP contribution in [0, 0.1) is 19.8 Å². The Hall–Kier alpha value is -2.56. The maximum absolute atomic E-state index is 6.27. The van der Waals surface area contributed by atoms with Crippen LogP contribution in [0.5, 0.6) is 0 Å². The molecule has 44 heavy (non-hydrogen) atoms. The van der Waals surface area contributed by atoms with Gasteiger partial charge in [0.25, 0.3) is 0 Å². The van der Waals surface area contributed by atoms with Gasteiger partial charge >= 0.3 is 0 Å². The van der Waals surface area contributed by atoms with Gasteiger partial charge in [0.1, 0.15) is 0 Å². The number of aryl methyl sites for hydroxylation is 2. The first-order chi connectivity index (χ1) is 20.4. The lowest BCUT2D eigenvalue weighted by molar-refractivity contribution is 0.220. The zero-order chi connectivity index (χ0) is 34.4. The molecule has 0 radical (unpaired) electrons. The van der Waals surface area contributed by atoms with Gasteiger partial charge in [0.15, 0.2) is 0 Å². The van der Waals surface area contributed by atoms with Crippen molar-refractivity contribution >= 4 is 11.4 Å². The van der Waals surface area contributed by atoms with E-state index in [0.29, 0.717) is 6.04 Å². The topological polar surface area (TPSA) is 44.5 Å². The smallest absolute Gasteiger partial charge is 0.0624 e. The Bertz CT molecular complexity index is 878. The number of nitrogens with one attached hydrogen (secondary N) is 1. The highest BCUT2D eigenvalue weighted by atomic mass is 15.1. The molecule has 0 saturated carbocycles. The standard InChI is InChI=1S/C19H35N3.C7H8.C6H10.C3H9N.2C2H6.CH4/c1-8-9-10-14(2)13-22(7)16(4)17-11-15(3)19(21(5)6)18(20)12-17;1-7-5-3-2-4-6-7;1-4-5-6(2)3;1-3-4-2;2*1-2;/h11-12,14,16H,8-10,13,20H2,1-7H3;2-6H,1H3;4-5H,2H2,1,3H3;4H,3H2,1-2H3;2*1-2H3;1H4/b;;5-4+;;;;. The molecule has 258 valence electrons. The second kappa shape index (κ2) is 34.9. The van der Waals surface area contributed by atoms with Crippen molar-refractivity contribution in [2.75, 3.05) is 51.9 Å². The first-order valence-corrected chi connectivity index (χ1v) is 16.6. The van der Waals surface area contributed by atoms with Crippen molar-refractivity contribution in [3.05, 3.63) is 83.5 Å². The van der Waals surface area contributed by atoms with Gasteiger partial charge in [-0.2, -0.15) is 0 Å². The summed E-state index contributed by atoms with van der Waals surface area (Å²) in [4.78, 5) is 4.54. The molecular formula is C40H78N4. The van der Waals surface area contributed by atoms with Crippen molar-refractivity contribution in [3.8, 4) is 0 Å². The Morgan fingerprint density at radius 1 is 0.977 bits per heavy atom. The van der Waals surface area contributed by atoms with Gasteiger partial charge < -0.3 is 16.0 Å². The Morgan fingerprint density at radius 3 is 1.77 bits per heavy atom. The molecule has 0 spiro atoms. The number of nitrogen functional groups attached to an aromatic ring is 1. The first-order valence-electron chi connectivity index (χ1n) is 16.6. The molecule has 2 unspecified atom stereocenters. The second-order valence-electron chi connectivity index (χ2n) is 10.7. The van der Waals surface area contributed by atoms with Crippen molar-refractivity contribution in [2.24, 2.45) is 5.92 Å². The van der Waals surface area contributed by atoms with Crippen LogP contribution >= 0.6 is 0 Å². The summed E-state index contributed by atoms with van der Waals surface area (Å²) in [6, 6.07) is 15.1. The molecule has 4 nitrogen and oxygen atoms in total. The highest BCUT2D eigenvalue weighted by molar-refractivity contribution is 5.72. The van der Waals surface area contributed by atoms with Crippen molar-refractivity contribution in [1.29, 1.82) is 0 Å². The number of hydrogen-bond donors (Lipinski definition) is 2. The molecule has 2 rings (SSSR count). The van der Waals surface area contributed by atoms with Crippen LogP contribution in [0.15, 0.2) is 66.8 Å². The predicted molar refractivity (Wildman–Crippen MR) is 209 cm³/mol. The van der Waals surface area contributed by atoms with E-state index >= 15 is 0 Å². The van der Waals surface area contributed by atoms with Crippen LogP contribution in [-0.4, -0.2) is 46.2 Å². The summed E-state index contributed by atoms with van der Waals surface area (Å²) < 4.78 is 0. The molecule has 0 amide bonds. The highest BCUT2D eigenvalue weighted by Gasteiger charge is 2.17. The van der Waals surface area contributed by atoms with Crippen molar-refractivity contribution in [2.45, 2.75) is 116 Å². The summed E-state index contributed by atoms with van der Waals surface area (Å²) >= 11 is 0. The molecule has 0 fully saturated rings. The van der Waals surface area contributed by atoms with Crippen LogP contribution in [0.3, 0.4) is 0 Å². The summed E-state index contributed by atoms with van der Waals surface area (Å²) in [6.07, 6.45) is 7.87. The molecule has 0 aliphatic carbocycles. The van der Waals surface area contributed by atoms with Crippen molar-refractivity contribution in [3.63, 3.8) is 0 Å². The summed E-state index contributed by atoms with van der Waals surface area (Å²) in [7, 11) is 8.24. The van der Waals surface area contributed by atoms with Gasteiger partial charge in [-0.05, 0) is 84.8 Å². The number of allylic oxidation sites excluding steroid dienone is 3. The minimum Gasteiger partial charge on any atom is -0.397 e. The largest absolute Gasteiger partial charge is 0.397 e. The molecule has 0 aliphatic heterocycles. The number of anilines is 2. The van der Waals surface area contributed by atoms with Crippen LogP contribution < -0.4 is 16.0 Å². The monoisotopic (exact) mass is 615 g/mol. The van der Waals surface area contributed by atoms with Crippen LogP contribution in [0.1, 0.15) is 119 Å². The van der Waals surface area contributed by atoms with E-state index in [1.165, 1.54) is 36.0 Å². The summed E-state index contributed by atoms with van der Waals surface area (Å²) in [5.74, 6) is 0.742. The molecule has 2 aromatic rings. The number of nitrogens with two attached hydrogens (primary N) is 1. The Balaban J connectivity index is -0.000000188. The number of hydrogen-bond acceptors (Lipinski definition) is 4. The summed E-state index contributed by atoms with van der Waals surface area (Å²) in [6.45, 7) is 31.0. The second-order valence-corrected chi connectivity index (χ2v) is 10.7. The van der Waals surface area contributed by atoms with Crippen LogP contribution in [0.25, 0.3) is 0 Å². The first kappa shape index (κ1) is 51.0. The number of nitrogens with zero attached hydrogens (tertiary/aromatic N) is 2. The fraction of sp³-hybridized carbons (Fsp3) is 0.600. The predicted octanol–water partition coefficient (Wildman–Crippen LogP) is 11.5. The maximum atomic E-state index is 6.27. The minimum atomic E-state index is 0. The average molecular weight is 615 g/mol. The van der Waals surface area contributed by atoms with E-state index in [-0.39, 0.29) is 7.43 Å². The quantitative estimate of drug-likeness (QED) is 0.206. The van der Waals surface area contributed by atoms with Gasteiger partial charge in [0.2, 0.25) is 0 Å². The van der Waals surface area contributed by atoms with E-state index < -0.39 is 0 Å². The Kier molecular flexibility index (Phi) is 40.5. The number of benzene rings is 2. The van der Waals surface area contributed by atoms with Gasteiger partial charge in [0.05, 0.1) is 11.4 Å². The van der Waals surface area contributed by atoms with Gasteiger partial charge in [-0.15, -0.1) is 0 Å². The molecule has 0 aliphatic rings. The van der Waals surface area contributed by atoms with Crippen molar-refractivity contribution in [1.82, 2.24) is 10.2 Å². The molecule has 0 heterocycles. The number of unbranched alkanes of at least 4 members (excludes halogenated alkanes) is 1. The zero-order valence-corrected chi connectivity index (χ0v) is 31.6. The van der Waals surface area contributed by atoms with E-state index in [1.807, 2.05) is 93.0 Å². The average Bonchev–Trinajstić information content (AvgIpc) is 2.98. The lowest BCUT2D eigenvalue weighted by Crippen LogP contribution is -2.27. The van der Waals surface area contributed by atoms with Gasteiger partial charge in [-0.3, -0.25) is 4.90 Å². The Labute approximate surface area is 278 Å². The van der Waals surface area contributed by atoms with Crippen LogP contribution in [0.2, 0.25) is 0 Å². The molecule has 2 atom stereocenters. The fourth-order valence-corrected chi connectivity index (χ4v) is 4.05. The molecule has 0 bridgehead atoms. The summed E-state index contributed by atoms with van der Waals surface area (Å²) in [5, 5.41) is 2.93. The minimum absolute atomic E-state index is 0. The molecule has 4 heteroatoms. The molecule has 2 aromatic carbocycles. The van der Waals surface area contributed by atoms with Crippen LogP contribution in [0.4, 0.5) is 11.4 Å². The highest BCUT2D eigenvalue weighted by Crippen LogP contribution is 2.31. The molecule has 0 aromatic heterocycles. The third-order valence-corrected chi connectivity index (χ3v) is 6.34. The molecule has 0 saturated heterocycles. The third kappa shape index (κ3) is 28.2. The normalized spacial score (nSPS) is 10.8. The van der Waals surface area contributed by atoms with Crippen molar-refractivity contribution < 1.29 is 0 Å². The maximum Gasteiger partial charge on any atom is 0.0624 e. The van der Waals surface area contributed by atoms with E-state index in [1.54, 1.807) is 0 Å².